The highest BCUT2D eigenvalue weighted by molar-refractivity contribution is 8.00. The number of rotatable bonds is 5. The minimum absolute atomic E-state index is 0.0312. The third-order valence-electron chi connectivity index (χ3n) is 4.48. The van der Waals surface area contributed by atoms with E-state index >= 15 is 0 Å². The molecule has 1 amide bonds. The third-order valence-corrected chi connectivity index (χ3v) is 5.49. The van der Waals surface area contributed by atoms with Gasteiger partial charge < -0.3 is 5.32 Å². The molecular weight excluding hydrogens is 358 g/mol. The monoisotopic (exact) mass is 377 g/mol. The van der Waals surface area contributed by atoms with E-state index in [1.54, 1.807) is 10.9 Å². The molecule has 2 aromatic carbocycles. The molecule has 0 bridgehead atoms. The van der Waals surface area contributed by atoms with Crippen LogP contribution >= 0.6 is 11.8 Å². The molecule has 1 unspecified atom stereocenters. The Labute approximate surface area is 161 Å². The number of nitrogens with zero attached hydrogens (tertiary/aromatic N) is 4. The summed E-state index contributed by atoms with van der Waals surface area (Å²) in [6, 6.07) is 14.4. The van der Waals surface area contributed by atoms with Crippen molar-refractivity contribution in [2.24, 2.45) is 7.05 Å². The fourth-order valence-corrected chi connectivity index (χ4v) is 3.81. The van der Waals surface area contributed by atoms with Gasteiger partial charge in [0.25, 0.3) is 0 Å². The Bertz CT molecular complexity index is 1120. The van der Waals surface area contributed by atoms with Gasteiger partial charge in [0.2, 0.25) is 5.91 Å². The number of amides is 1. The van der Waals surface area contributed by atoms with Crippen LogP contribution < -0.4 is 5.32 Å². The fourth-order valence-electron chi connectivity index (χ4n) is 3.03. The van der Waals surface area contributed by atoms with E-state index in [-0.39, 0.29) is 11.9 Å². The van der Waals surface area contributed by atoms with Gasteiger partial charge in [-0.15, -0.1) is 0 Å². The van der Waals surface area contributed by atoms with Crippen LogP contribution in [0.15, 0.2) is 60.0 Å². The first-order valence-electron chi connectivity index (χ1n) is 8.65. The molecule has 1 N–H and O–H groups in total. The molecule has 0 radical (unpaired) electrons. The van der Waals surface area contributed by atoms with Gasteiger partial charge in [0.05, 0.1) is 23.4 Å². The van der Waals surface area contributed by atoms with Crippen molar-refractivity contribution in [3.63, 3.8) is 0 Å². The molecule has 0 saturated heterocycles. The Morgan fingerprint density at radius 3 is 2.85 bits per heavy atom. The minimum atomic E-state index is -0.0634. The van der Waals surface area contributed by atoms with Gasteiger partial charge in [0, 0.05) is 7.05 Å². The van der Waals surface area contributed by atoms with Gasteiger partial charge in [-0.25, -0.2) is 9.97 Å². The fraction of sp³-hybridized carbons (Fsp3) is 0.200. The number of hydrogen-bond acceptors (Lipinski definition) is 5. The van der Waals surface area contributed by atoms with E-state index in [1.165, 1.54) is 28.9 Å². The molecule has 0 saturated carbocycles. The van der Waals surface area contributed by atoms with Crippen molar-refractivity contribution < 1.29 is 4.79 Å². The van der Waals surface area contributed by atoms with Crippen LogP contribution in [0.2, 0.25) is 0 Å². The van der Waals surface area contributed by atoms with Gasteiger partial charge in [0.15, 0.2) is 5.65 Å². The molecule has 1 atom stereocenters. The number of aromatic nitrogens is 4. The molecule has 0 fully saturated rings. The molecule has 27 heavy (non-hydrogen) atoms. The zero-order valence-corrected chi connectivity index (χ0v) is 15.9. The lowest BCUT2D eigenvalue weighted by Gasteiger charge is -2.15. The van der Waals surface area contributed by atoms with Crippen molar-refractivity contribution in [1.82, 2.24) is 25.1 Å². The maximum absolute atomic E-state index is 12.4. The molecule has 4 rings (SSSR count). The number of thioether (sulfide) groups is 1. The van der Waals surface area contributed by atoms with E-state index in [2.05, 4.69) is 50.7 Å². The standard InChI is InChI=1S/C20H19N5OS/c1-13(15-8-7-14-5-3-4-6-16(14)9-15)24-18(26)11-27-20-17-10-23-25(2)19(17)21-12-22-20/h3-10,12-13H,11H2,1-2H3,(H,24,26). The molecule has 7 heteroatoms. The topological polar surface area (TPSA) is 72.7 Å². The Balaban J connectivity index is 1.42. The quantitative estimate of drug-likeness (QED) is 0.426. The van der Waals surface area contributed by atoms with Crippen LogP contribution in [0.5, 0.6) is 0 Å². The van der Waals surface area contributed by atoms with Crippen molar-refractivity contribution in [2.75, 3.05) is 5.75 Å². The lowest BCUT2D eigenvalue weighted by molar-refractivity contribution is -0.119. The summed E-state index contributed by atoms with van der Waals surface area (Å²) in [5.41, 5.74) is 1.85. The molecule has 2 aromatic heterocycles. The average molecular weight is 377 g/mol. The number of hydrogen-bond donors (Lipinski definition) is 1. The summed E-state index contributed by atoms with van der Waals surface area (Å²) in [6.07, 6.45) is 3.23. The summed E-state index contributed by atoms with van der Waals surface area (Å²) in [4.78, 5) is 20.9. The highest BCUT2D eigenvalue weighted by Crippen LogP contribution is 2.24. The number of fused-ring (bicyclic) bond motifs is 2. The van der Waals surface area contributed by atoms with Gasteiger partial charge >= 0.3 is 0 Å². The Kier molecular flexibility index (Phi) is 4.77. The summed E-state index contributed by atoms with van der Waals surface area (Å²) in [5.74, 6) is 0.259. The molecule has 0 aliphatic carbocycles. The molecular formula is C20H19N5OS. The molecule has 0 aliphatic rings. The van der Waals surface area contributed by atoms with E-state index < -0.39 is 0 Å². The van der Waals surface area contributed by atoms with Crippen LogP contribution in [-0.2, 0) is 11.8 Å². The predicted octanol–water partition coefficient (Wildman–Crippen LogP) is 3.49. The number of nitrogens with one attached hydrogen (secondary N) is 1. The zero-order chi connectivity index (χ0) is 18.8. The van der Waals surface area contributed by atoms with E-state index in [0.717, 1.165) is 21.6 Å². The Morgan fingerprint density at radius 1 is 1.19 bits per heavy atom. The molecule has 2 heterocycles. The van der Waals surface area contributed by atoms with Crippen LogP contribution in [0.3, 0.4) is 0 Å². The van der Waals surface area contributed by atoms with Crippen molar-refractivity contribution in [2.45, 2.75) is 18.0 Å². The van der Waals surface area contributed by atoms with Crippen molar-refractivity contribution >= 4 is 39.5 Å². The van der Waals surface area contributed by atoms with Gasteiger partial charge in [-0.1, -0.05) is 48.2 Å². The van der Waals surface area contributed by atoms with E-state index in [9.17, 15) is 4.79 Å². The van der Waals surface area contributed by atoms with Gasteiger partial charge in [-0.3, -0.25) is 9.48 Å². The summed E-state index contributed by atoms with van der Waals surface area (Å²) in [6.45, 7) is 2.00. The lowest BCUT2D eigenvalue weighted by Crippen LogP contribution is -2.28. The van der Waals surface area contributed by atoms with Gasteiger partial charge in [0.1, 0.15) is 11.4 Å². The number of carbonyl (C=O) groups excluding carboxylic acids is 1. The average Bonchev–Trinajstić information content (AvgIpc) is 3.07. The van der Waals surface area contributed by atoms with Crippen LogP contribution in [0, 0.1) is 0 Å². The molecule has 4 aromatic rings. The normalized spacial score (nSPS) is 12.4. The highest BCUT2D eigenvalue weighted by Gasteiger charge is 2.13. The second-order valence-corrected chi connectivity index (χ2v) is 7.33. The van der Waals surface area contributed by atoms with E-state index in [4.69, 9.17) is 0 Å². The lowest BCUT2D eigenvalue weighted by atomic mass is 10.0. The van der Waals surface area contributed by atoms with E-state index in [1.807, 2.05) is 26.1 Å². The summed E-state index contributed by atoms with van der Waals surface area (Å²) in [7, 11) is 1.84. The maximum Gasteiger partial charge on any atom is 0.230 e. The maximum atomic E-state index is 12.4. The van der Waals surface area contributed by atoms with Crippen LogP contribution in [0.25, 0.3) is 21.8 Å². The number of carbonyl (C=O) groups is 1. The molecule has 0 aliphatic heterocycles. The Morgan fingerprint density at radius 2 is 2.00 bits per heavy atom. The first-order valence-corrected chi connectivity index (χ1v) is 9.64. The van der Waals surface area contributed by atoms with Crippen molar-refractivity contribution in [1.29, 1.82) is 0 Å². The molecule has 136 valence electrons. The van der Waals surface area contributed by atoms with E-state index in [0.29, 0.717) is 5.75 Å². The van der Waals surface area contributed by atoms with Crippen molar-refractivity contribution in [3.8, 4) is 0 Å². The van der Waals surface area contributed by atoms with Crippen LogP contribution in [-0.4, -0.2) is 31.4 Å². The smallest absolute Gasteiger partial charge is 0.230 e. The number of benzene rings is 2. The Hall–Kier alpha value is -2.93. The first kappa shape index (κ1) is 17.5. The predicted molar refractivity (Wildman–Crippen MR) is 108 cm³/mol. The van der Waals surface area contributed by atoms with Crippen LogP contribution in [0.4, 0.5) is 0 Å². The second-order valence-electron chi connectivity index (χ2n) is 6.37. The van der Waals surface area contributed by atoms with Gasteiger partial charge in [-0.05, 0) is 29.3 Å². The molecule has 0 spiro atoms. The first-order chi connectivity index (χ1) is 13.1. The zero-order valence-electron chi connectivity index (χ0n) is 15.1. The minimum Gasteiger partial charge on any atom is -0.349 e. The largest absolute Gasteiger partial charge is 0.349 e. The summed E-state index contributed by atoms with van der Waals surface area (Å²) in [5, 5.41) is 11.2. The summed E-state index contributed by atoms with van der Waals surface area (Å²) >= 11 is 1.39. The SMILES string of the molecule is CC(NC(=O)CSc1ncnc2c1cnn2C)c1ccc2ccccc2c1. The van der Waals surface area contributed by atoms with Gasteiger partial charge in [-0.2, -0.15) is 5.10 Å². The second kappa shape index (κ2) is 7.36. The highest BCUT2D eigenvalue weighted by atomic mass is 32.2. The van der Waals surface area contributed by atoms with Crippen molar-refractivity contribution in [3.05, 3.63) is 60.6 Å². The van der Waals surface area contributed by atoms with Crippen LogP contribution in [0.1, 0.15) is 18.5 Å². The number of aryl methyl sites for hydroxylation is 1. The third kappa shape index (κ3) is 3.64. The summed E-state index contributed by atoms with van der Waals surface area (Å²) < 4.78 is 1.70. The molecule has 6 nitrogen and oxygen atoms in total.